The van der Waals surface area contributed by atoms with Crippen LogP contribution in [-0.4, -0.2) is 0 Å². The Labute approximate surface area is 441 Å². The van der Waals surface area contributed by atoms with Gasteiger partial charge in [-0.3, -0.25) is 0 Å². The van der Waals surface area contributed by atoms with Gasteiger partial charge in [-0.15, -0.1) is 0 Å². The molecule has 1 aliphatic rings. The Morgan fingerprint density at radius 1 is 0.118 bits per heavy atom. The Kier molecular flexibility index (Phi) is 11.3. The van der Waals surface area contributed by atoms with E-state index in [0.29, 0.717) is 0 Å². The van der Waals surface area contributed by atoms with Crippen molar-refractivity contribution >= 4 is 118 Å². The quantitative estimate of drug-likeness (QED) is 0.105. The van der Waals surface area contributed by atoms with Crippen molar-refractivity contribution in [1.29, 1.82) is 0 Å². The van der Waals surface area contributed by atoms with Crippen LogP contribution >= 0.6 is 0 Å². The van der Waals surface area contributed by atoms with Crippen LogP contribution in [-0.2, 0) is 0 Å². The molecule has 0 unspecified atom stereocenters. The van der Waals surface area contributed by atoms with Gasteiger partial charge in [-0.05, 0) is 147 Å². The summed E-state index contributed by atoms with van der Waals surface area (Å²) in [4.78, 5) is 0. The molecule has 0 atom stereocenters. The number of benzene rings is 17. The van der Waals surface area contributed by atoms with Crippen LogP contribution in [0, 0.1) is 0 Å². The fraction of sp³-hybridized carbons (Fsp3) is 0. The molecule has 0 aliphatic heterocycles. The van der Waals surface area contributed by atoms with Crippen molar-refractivity contribution in [2.75, 3.05) is 0 Å². The summed E-state index contributed by atoms with van der Waals surface area (Å²) in [6, 6.07) is 108. The normalized spacial score (nSPS) is 11.4. The Morgan fingerprint density at radius 3 is 0.816 bits per heavy atom. The molecule has 76 heavy (non-hydrogen) atoms. The van der Waals surface area contributed by atoms with Crippen LogP contribution in [0.5, 0.6) is 0 Å². The van der Waals surface area contributed by atoms with Crippen molar-refractivity contribution in [3.63, 3.8) is 0 Å². The molecule has 17 aromatic carbocycles. The van der Waals surface area contributed by atoms with Crippen molar-refractivity contribution in [3.8, 4) is 22.3 Å². The summed E-state index contributed by atoms with van der Waals surface area (Å²) in [6.45, 7) is 0. The maximum atomic E-state index is 2.31. The fourth-order valence-corrected chi connectivity index (χ4v) is 12.0. The largest absolute Gasteiger partial charge is 0.0616 e. The third-order valence-corrected chi connectivity index (χ3v) is 15.5. The second kappa shape index (κ2) is 19.2. The lowest BCUT2D eigenvalue weighted by atomic mass is 9.91. The molecule has 0 aromatic heterocycles. The summed E-state index contributed by atoms with van der Waals surface area (Å²) < 4.78 is 0. The highest BCUT2D eigenvalue weighted by Crippen LogP contribution is 2.47. The van der Waals surface area contributed by atoms with E-state index in [9.17, 15) is 0 Å². The van der Waals surface area contributed by atoms with Gasteiger partial charge in [-0.1, -0.05) is 297 Å². The van der Waals surface area contributed by atoms with E-state index in [0.717, 1.165) is 0 Å². The molecule has 0 heteroatoms. The van der Waals surface area contributed by atoms with E-state index < -0.39 is 0 Å². The highest BCUT2D eigenvalue weighted by Gasteiger charge is 2.19. The van der Waals surface area contributed by atoms with Crippen molar-refractivity contribution in [3.05, 3.63) is 303 Å². The van der Waals surface area contributed by atoms with Gasteiger partial charge in [0, 0.05) is 0 Å². The molecule has 0 amide bonds. The van der Waals surface area contributed by atoms with Crippen molar-refractivity contribution in [2.24, 2.45) is 0 Å². The lowest BCUT2D eigenvalue weighted by molar-refractivity contribution is 1.70. The first-order valence-electron chi connectivity index (χ1n) is 26.3. The predicted molar refractivity (Wildman–Crippen MR) is 332 cm³/mol. The fourth-order valence-electron chi connectivity index (χ4n) is 12.0. The zero-order chi connectivity index (χ0) is 50.4. The molecule has 0 fully saturated rings. The maximum Gasteiger partial charge on any atom is -0.00204 e. The van der Waals surface area contributed by atoms with Crippen LogP contribution in [0.1, 0.15) is 0 Å². The summed E-state index contributed by atoms with van der Waals surface area (Å²) in [7, 11) is 0. The first-order valence-corrected chi connectivity index (χ1v) is 26.3. The van der Waals surface area contributed by atoms with Gasteiger partial charge in [0.25, 0.3) is 0 Å². The minimum atomic E-state index is 1.31. The minimum absolute atomic E-state index is 1.31. The van der Waals surface area contributed by atoms with Crippen LogP contribution in [0.25, 0.3) is 141 Å². The van der Waals surface area contributed by atoms with Gasteiger partial charge in [0.15, 0.2) is 0 Å². The third-order valence-electron chi connectivity index (χ3n) is 15.5. The predicted octanol–water partition coefficient (Wildman–Crippen LogP) is 21.6. The monoisotopic (exact) mass is 962 g/mol. The molecule has 0 nitrogen and oxygen atoms in total. The number of rotatable bonds is 0. The number of fused-ring (bicyclic) bond motifs is 9. The molecule has 0 heterocycles. The van der Waals surface area contributed by atoms with Gasteiger partial charge in [-0.25, -0.2) is 0 Å². The van der Waals surface area contributed by atoms with Crippen LogP contribution in [0.15, 0.2) is 303 Å². The van der Waals surface area contributed by atoms with E-state index in [1.807, 2.05) is 0 Å². The molecule has 0 spiro atoms. The van der Waals surface area contributed by atoms with Gasteiger partial charge in [0.2, 0.25) is 0 Å². The first-order chi connectivity index (χ1) is 37.7. The van der Waals surface area contributed by atoms with Crippen LogP contribution in [0.3, 0.4) is 0 Å². The average Bonchev–Trinajstić information content (AvgIpc) is 3.90. The molecule has 354 valence electrons. The highest BCUT2D eigenvalue weighted by molar-refractivity contribution is 6.29. The third kappa shape index (κ3) is 7.96. The van der Waals surface area contributed by atoms with E-state index in [1.54, 1.807) is 0 Å². The van der Waals surface area contributed by atoms with Crippen molar-refractivity contribution < 1.29 is 0 Å². The van der Waals surface area contributed by atoms with E-state index in [-0.39, 0.29) is 0 Å². The smallest absolute Gasteiger partial charge is 0.00204 e. The van der Waals surface area contributed by atoms with Crippen molar-refractivity contribution in [2.45, 2.75) is 0 Å². The molecule has 0 saturated heterocycles. The molecule has 0 N–H and O–H groups in total. The molecule has 18 rings (SSSR count). The second-order valence-electron chi connectivity index (χ2n) is 19.9. The summed E-state index contributed by atoms with van der Waals surface area (Å²) in [5.41, 5.74) is 5.50. The maximum absolute atomic E-state index is 2.31. The lowest BCUT2D eigenvalue weighted by Crippen LogP contribution is -1.85. The van der Waals surface area contributed by atoms with E-state index in [4.69, 9.17) is 0 Å². The Bertz CT molecular complexity index is 4620. The van der Waals surface area contributed by atoms with Gasteiger partial charge in [0.05, 0.1) is 0 Å². The second-order valence-corrected chi connectivity index (χ2v) is 19.9. The summed E-state index contributed by atoms with van der Waals surface area (Å²) in [5, 5.41) is 29.6. The molecule has 1 aliphatic carbocycles. The Hall–Kier alpha value is -9.88. The number of hydrogen-bond acceptors (Lipinski definition) is 0. The Morgan fingerprint density at radius 2 is 0.382 bits per heavy atom. The van der Waals surface area contributed by atoms with Gasteiger partial charge >= 0.3 is 0 Å². The lowest BCUT2D eigenvalue weighted by Gasteiger charge is -2.12. The molecule has 17 aromatic rings. The van der Waals surface area contributed by atoms with Gasteiger partial charge in [-0.2, -0.15) is 0 Å². The highest BCUT2D eigenvalue weighted by atomic mass is 14.2. The number of hydrogen-bond donors (Lipinski definition) is 0. The molecule has 0 bridgehead atoms. The zero-order valence-electron chi connectivity index (χ0n) is 41.9. The Balaban J connectivity index is 0.0000000882. The molecule has 0 saturated carbocycles. The average molecular weight is 963 g/mol. The minimum Gasteiger partial charge on any atom is -0.0616 e. The molecular formula is C76H50. The van der Waals surface area contributed by atoms with Gasteiger partial charge < -0.3 is 0 Å². The molecule has 0 radical (unpaired) electrons. The summed E-state index contributed by atoms with van der Waals surface area (Å²) in [6.07, 6.45) is 0. The summed E-state index contributed by atoms with van der Waals surface area (Å²) in [5.74, 6) is 0. The standard InChI is InChI=1S/C20H12.2C16H10.C14H10.C10H8/c1-2-7-17-15(4-1)12-16-9-8-13-5-3-6-14-10-11-18(17)20(16)19(13)14;1-3-11-7-9-13-5-2-6-14-10-8-12(4-1)15(11)16(13)14;1-2-8-13-12(7-1)14-9-3-5-11-6-4-10-15(13)16(11)14;1-3-7-13-11(5-1)9-10-12-6-2-4-8-14(12)13;1-2-6-10-8-4-3-7-9(10)5-1/h1-12H;2*1-10H;1-10H;1-8H. The zero-order valence-corrected chi connectivity index (χ0v) is 41.9. The van der Waals surface area contributed by atoms with E-state index >= 15 is 0 Å². The first kappa shape index (κ1) is 44.8. The summed E-state index contributed by atoms with van der Waals surface area (Å²) >= 11 is 0. The molecular weight excluding hydrogens is 913 g/mol. The topological polar surface area (TPSA) is 0 Å². The van der Waals surface area contributed by atoms with Crippen LogP contribution < -0.4 is 0 Å². The van der Waals surface area contributed by atoms with Crippen LogP contribution in [0.2, 0.25) is 0 Å². The SMILES string of the molecule is c1cc2ccc3cccc4ccc(c1)c2c34.c1ccc2c(c1)-c1cccc3cccc-2c13.c1ccc2c(c1)cc1ccc3cccc4ccc2c1c34.c1ccc2c(c1)ccc1ccccc12.c1ccc2ccccc2c1. The van der Waals surface area contributed by atoms with Gasteiger partial charge in [0.1, 0.15) is 0 Å². The van der Waals surface area contributed by atoms with E-state index in [2.05, 4.69) is 303 Å². The van der Waals surface area contributed by atoms with E-state index in [1.165, 1.54) is 141 Å². The van der Waals surface area contributed by atoms with Crippen LogP contribution in [0.4, 0.5) is 0 Å². The van der Waals surface area contributed by atoms with Crippen molar-refractivity contribution in [1.82, 2.24) is 0 Å².